The predicted molar refractivity (Wildman–Crippen MR) is 104 cm³/mol. The summed E-state index contributed by atoms with van der Waals surface area (Å²) in [5, 5.41) is 4.64. The molecule has 1 aromatic carbocycles. The first-order valence-corrected chi connectivity index (χ1v) is 10.7. The molecule has 0 saturated carbocycles. The van der Waals surface area contributed by atoms with Gasteiger partial charge in [0.15, 0.2) is 5.76 Å². The number of benzene rings is 1. The Morgan fingerprint density at radius 2 is 2.04 bits per heavy atom. The van der Waals surface area contributed by atoms with Gasteiger partial charge < -0.3 is 14.5 Å². The molecular formula is C18H19N3O5S2. The van der Waals surface area contributed by atoms with Crippen LogP contribution in [0.2, 0.25) is 0 Å². The number of amides is 1. The highest BCUT2D eigenvalue weighted by atomic mass is 32.2. The molecule has 0 unspecified atom stereocenters. The number of rotatable bonds is 9. The first kappa shape index (κ1) is 20.2. The van der Waals surface area contributed by atoms with Crippen LogP contribution >= 0.6 is 11.3 Å². The molecule has 0 atom stereocenters. The minimum absolute atomic E-state index is 0.0773. The lowest BCUT2D eigenvalue weighted by Crippen LogP contribution is -2.27. The monoisotopic (exact) mass is 421 g/mol. The van der Waals surface area contributed by atoms with E-state index >= 15 is 0 Å². The molecule has 148 valence electrons. The fourth-order valence-electron chi connectivity index (χ4n) is 2.33. The number of hydrogen-bond acceptors (Lipinski definition) is 7. The number of thiophene rings is 1. The zero-order valence-corrected chi connectivity index (χ0v) is 16.7. The molecule has 0 spiro atoms. The summed E-state index contributed by atoms with van der Waals surface area (Å²) < 4.78 is 37.1. The van der Waals surface area contributed by atoms with Crippen LogP contribution in [0, 0.1) is 0 Å². The maximum Gasteiger partial charge on any atom is 0.251 e. The van der Waals surface area contributed by atoms with Crippen LogP contribution in [0.3, 0.4) is 0 Å². The number of sulfonamides is 1. The van der Waals surface area contributed by atoms with Crippen molar-refractivity contribution in [2.75, 3.05) is 20.3 Å². The third-order valence-electron chi connectivity index (χ3n) is 3.74. The second-order valence-electron chi connectivity index (χ2n) is 5.69. The number of carbonyl (C=O) groups is 1. The van der Waals surface area contributed by atoms with Gasteiger partial charge in [0.1, 0.15) is 0 Å². The fraction of sp³-hybridized carbons (Fsp3) is 0.222. The van der Waals surface area contributed by atoms with Gasteiger partial charge in [0.2, 0.25) is 15.9 Å². The number of oxazole rings is 1. The molecule has 0 fully saturated rings. The van der Waals surface area contributed by atoms with Crippen LogP contribution in [0.15, 0.2) is 57.3 Å². The number of hydrogen-bond donors (Lipinski definition) is 2. The third-order valence-corrected chi connectivity index (χ3v) is 6.10. The van der Waals surface area contributed by atoms with E-state index in [4.69, 9.17) is 9.15 Å². The smallest absolute Gasteiger partial charge is 0.251 e. The van der Waals surface area contributed by atoms with Gasteiger partial charge in [-0.25, -0.2) is 18.1 Å². The number of methoxy groups -OCH3 is 1. The molecule has 1 amide bonds. The molecule has 8 nitrogen and oxygen atoms in total. The standard InChI is InChI=1S/C18H19N3O5S2/c1-25-9-8-21-28(23,24)14-6-4-13(5-7-14)18(22)20-12-17-19-11-15(26-17)16-3-2-10-27-16/h2-7,10-11,21H,8-9,12H2,1H3,(H,20,22). The second kappa shape index (κ2) is 9.11. The van der Waals surface area contributed by atoms with Crippen LogP contribution < -0.4 is 10.0 Å². The molecular weight excluding hydrogens is 402 g/mol. The molecule has 3 aromatic rings. The molecule has 28 heavy (non-hydrogen) atoms. The summed E-state index contributed by atoms with van der Waals surface area (Å²) in [5.41, 5.74) is 0.334. The summed E-state index contributed by atoms with van der Waals surface area (Å²) in [4.78, 5) is 17.4. The average molecular weight is 422 g/mol. The van der Waals surface area contributed by atoms with Gasteiger partial charge in [0, 0.05) is 19.2 Å². The molecule has 0 aliphatic heterocycles. The lowest BCUT2D eigenvalue weighted by atomic mass is 10.2. The Bertz CT molecular complexity index is 1010. The number of aromatic nitrogens is 1. The van der Waals surface area contributed by atoms with Crippen LogP contribution in [0.1, 0.15) is 16.2 Å². The minimum atomic E-state index is -3.63. The molecule has 0 radical (unpaired) electrons. The summed E-state index contributed by atoms with van der Waals surface area (Å²) in [6, 6.07) is 9.50. The molecule has 10 heteroatoms. The van der Waals surface area contributed by atoms with Crippen molar-refractivity contribution in [1.29, 1.82) is 0 Å². The van der Waals surface area contributed by atoms with E-state index < -0.39 is 10.0 Å². The highest BCUT2D eigenvalue weighted by Gasteiger charge is 2.15. The van der Waals surface area contributed by atoms with Gasteiger partial charge in [-0.3, -0.25) is 4.79 Å². The molecule has 3 rings (SSSR count). The molecule has 0 bridgehead atoms. The Hall–Kier alpha value is -2.53. The van der Waals surface area contributed by atoms with Crippen LogP contribution in [0.5, 0.6) is 0 Å². The summed E-state index contributed by atoms with van der Waals surface area (Å²) in [7, 11) is -2.15. The minimum Gasteiger partial charge on any atom is -0.438 e. The zero-order valence-electron chi connectivity index (χ0n) is 15.0. The highest BCUT2D eigenvalue weighted by molar-refractivity contribution is 7.89. The van der Waals surface area contributed by atoms with E-state index in [1.807, 2.05) is 17.5 Å². The van der Waals surface area contributed by atoms with E-state index in [1.54, 1.807) is 6.20 Å². The van der Waals surface area contributed by atoms with Crippen molar-refractivity contribution in [3.8, 4) is 10.6 Å². The quantitative estimate of drug-likeness (QED) is 0.513. The van der Waals surface area contributed by atoms with Crippen LogP contribution in [0.4, 0.5) is 0 Å². The first-order chi connectivity index (χ1) is 13.5. The van der Waals surface area contributed by atoms with E-state index in [0.29, 0.717) is 17.2 Å². The van der Waals surface area contributed by atoms with Gasteiger partial charge >= 0.3 is 0 Å². The van der Waals surface area contributed by atoms with Crippen molar-refractivity contribution in [2.24, 2.45) is 0 Å². The summed E-state index contributed by atoms with van der Waals surface area (Å²) in [6.45, 7) is 0.572. The maximum absolute atomic E-state index is 12.3. The van der Waals surface area contributed by atoms with Crippen molar-refractivity contribution in [1.82, 2.24) is 15.0 Å². The molecule has 0 aliphatic carbocycles. The number of nitrogens with zero attached hydrogens (tertiary/aromatic N) is 1. The van der Waals surface area contributed by atoms with Crippen LogP contribution in [0.25, 0.3) is 10.6 Å². The lowest BCUT2D eigenvalue weighted by molar-refractivity contribution is 0.0947. The van der Waals surface area contributed by atoms with Crippen molar-refractivity contribution in [3.05, 3.63) is 59.4 Å². The van der Waals surface area contributed by atoms with Crippen LogP contribution in [-0.4, -0.2) is 39.6 Å². The van der Waals surface area contributed by atoms with E-state index in [9.17, 15) is 13.2 Å². The topological polar surface area (TPSA) is 111 Å². The van der Waals surface area contributed by atoms with Gasteiger partial charge in [-0.2, -0.15) is 0 Å². The molecule has 0 saturated heterocycles. The Morgan fingerprint density at radius 1 is 1.25 bits per heavy atom. The van der Waals surface area contributed by atoms with Crippen molar-refractivity contribution in [2.45, 2.75) is 11.4 Å². The Balaban J connectivity index is 1.57. The van der Waals surface area contributed by atoms with Gasteiger partial charge in [-0.15, -0.1) is 11.3 Å². The average Bonchev–Trinajstić information content (AvgIpc) is 3.38. The van der Waals surface area contributed by atoms with Gasteiger partial charge in [-0.05, 0) is 35.7 Å². The Morgan fingerprint density at radius 3 is 2.71 bits per heavy atom. The molecule has 2 heterocycles. The van der Waals surface area contributed by atoms with E-state index in [1.165, 1.54) is 42.7 Å². The van der Waals surface area contributed by atoms with Gasteiger partial charge in [0.25, 0.3) is 5.91 Å². The van der Waals surface area contributed by atoms with E-state index in [-0.39, 0.29) is 30.5 Å². The number of carbonyl (C=O) groups excluding carboxylic acids is 1. The number of ether oxygens (including phenoxy) is 1. The largest absolute Gasteiger partial charge is 0.438 e. The van der Waals surface area contributed by atoms with E-state index in [2.05, 4.69) is 15.0 Å². The summed E-state index contributed by atoms with van der Waals surface area (Å²) in [5.74, 6) is 0.681. The lowest BCUT2D eigenvalue weighted by Gasteiger charge is -2.07. The predicted octanol–water partition coefficient (Wildman–Crippen LogP) is 2.26. The van der Waals surface area contributed by atoms with E-state index in [0.717, 1.165) is 4.88 Å². The van der Waals surface area contributed by atoms with Crippen molar-refractivity contribution in [3.63, 3.8) is 0 Å². The zero-order chi connectivity index (χ0) is 20.0. The van der Waals surface area contributed by atoms with Gasteiger partial charge in [0.05, 0.1) is 29.1 Å². The molecule has 2 N–H and O–H groups in total. The molecule has 2 aromatic heterocycles. The molecule has 0 aliphatic rings. The summed E-state index contributed by atoms with van der Waals surface area (Å²) in [6.07, 6.45) is 1.61. The first-order valence-electron chi connectivity index (χ1n) is 8.35. The van der Waals surface area contributed by atoms with Crippen molar-refractivity contribution < 1.29 is 22.4 Å². The summed E-state index contributed by atoms with van der Waals surface area (Å²) >= 11 is 1.54. The van der Waals surface area contributed by atoms with Gasteiger partial charge in [-0.1, -0.05) is 6.07 Å². The SMILES string of the molecule is COCCNS(=O)(=O)c1ccc(C(=O)NCc2ncc(-c3cccs3)o2)cc1. The normalized spacial score (nSPS) is 11.5. The third kappa shape index (κ3) is 5.04. The van der Waals surface area contributed by atoms with Crippen LogP contribution in [-0.2, 0) is 21.3 Å². The second-order valence-corrected chi connectivity index (χ2v) is 8.41. The van der Waals surface area contributed by atoms with Crippen molar-refractivity contribution >= 4 is 27.3 Å². The highest BCUT2D eigenvalue weighted by Crippen LogP contribution is 2.25. The Kier molecular flexibility index (Phi) is 6.57. The fourth-order valence-corrected chi connectivity index (χ4v) is 4.01. The maximum atomic E-state index is 12.3. The Labute approximate surface area is 166 Å². The number of nitrogens with one attached hydrogen (secondary N) is 2.